The molecule has 21 heavy (non-hydrogen) atoms. The van der Waals surface area contributed by atoms with Gasteiger partial charge in [0.2, 0.25) is 0 Å². The number of nitrogens with zero attached hydrogens (tertiary/aromatic N) is 1. The van der Waals surface area contributed by atoms with Crippen molar-refractivity contribution in [3.8, 4) is 5.75 Å². The predicted octanol–water partition coefficient (Wildman–Crippen LogP) is 2.57. The Morgan fingerprint density at radius 3 is 2.19 bits per heavy atom. The Balaban J connectivity index is 3.07. The molecule has 1 aromatic carbocycles. The first-order valence-corrected chi connectivity index (χ1v) is 7.68. The molecule has 0 heterocycles. The number of aliphatic hydroxyl groups is 1. The van der Waals surface area contributed by atoms with Gasteiger partial charge in [-0.05, 0) is 44.5 Å². The van der Waals surface area contributed by atoms with Gasteiger partial charge >= 0.3 is 0 Å². The number of ether oxygens (including phenoxy) is 1. The molecular formula is C17H30N2O2. The summed E-state index contributed by atoms with van der Waals surface area (Å²) in [6, 6.07) is 8.17. The Bertz CT molecular complexity index is 412. The van der Waals surface area contributed by atoms with Crippen LogP contribution in [-0.2, 0) is 0 Å². The van der Waals surface area contributed by atoms with Gasteiger partial charge in [0.1, 0.15) is 5.75 Å². The van der Waals surface area contributed by atoms with Gasteiger partial charge in [-0.3, -0.25) is 4.90 Å². The topological polar surface area (TPSA) is 58.7 Å². The van der Waals surface area contributed by atoms with Crippen LogP contribution in [0.15, 0.2) is 24.3 Å². The second-order valence-electron chi connectivity index (χ2n) is 6.17. The summed E-state index contributed by atoms with van der Waals surface area (Å²) in [5, 5.41) is 10.1. The molecule has 0 aromatic heterocycles. The van der Waals surface area contributed by atoms with Crippen molar-refractivity contribution in [3.63, 3.8) is 0 Å². The van der Waals surface area contributed by atoms with Gasteiger partial charge in [0, 0.05) is 18.6 Å². The molecule has 2 unspecified atom stereocenters. The number of benzene rings is 1. The highest BCUT2D eigenvalue weighted by atomic mass is 16.5. The monoisotopic (exact) mass is 294 g/mol. The average Bonchev–Trinajstić information content (AvgIpc) is 2.45. The molecule has 4 nitrogen and oxygen atoms in total. The van der Waals surface area contributed by atoms with Gasteiger partial charge in [0.05, 0.1) is 12.7 Å². The molecule has 2 atom stereocenters. The molecule has 1 rings (SSSR count). The fourth-order valence-corrected chi connectivity index (χ4v) is 2.66. The molecule has 1 aromatic rings. The van der Waals surface area contributed by atoms with Crippen LogP contribution in [0.4, 0.5) is 0 Å². The number of hydrogen-bond acceptors (Lipinski definition) is 4. The van der Waals surface area contributed by atoms with Gasteiger partial charge in [-0.15, -0.1) is 0 Å². The van der Waals surface area contributed by atoms with E-state index in [4.69, 9.17) is 10.5 Å². The largest absolute Gasteiger partial charge is 0.497 e. The van der Waals surface area contributed by atoms with Gasteiger partial charge in [-0.2, -0.15) is 0 Å². The summed E-state index contributed by atoms with van der Waals surface area (Å²) < 4.78 is 5.22. The van der Waals surface area contributed by atoms with Crippen molar-refractivity contribution >= 4 is 0 Å². The average molecular weight is 294 g/mol. The van der Waals surface area contributed by atoms with Gasteiger partial charge in [-0.25, -0.2) is 0 Å². The van der Waals surface area contributed by atoms with Crippen LogP contribution >= 0.6 is 0 Å². The minimum Gasteiger partial charge on any atom is -0.497 e. The van der Waals surface area contributed by atoms with Gasteiger partial charge < -0.3 is 15.6 Å². The van der Waals surface area contributed by atoms with E-state index >= 15 is 0 Å². The van der Waals surface area contributed by atoms with Crippen molar-refractivity contribution in [2.75, 3.05) is 20.2 Å². The summed E-state index contributed by atoms with van der Waals surface area (Å²) >= 11 is 0. The van der Waals surface area contributed by atoms with Gasteiger partial charge in [0.15, 0.2) is 0 Å². The van der Waals surface area contributed by atoms with Crippen LogP contribution in [0.2, 0.25) is 0 Å². The molecule has 0 fully saturated rings. The number of rotatable bonds is 8. The van der Waals surface area contributed by atoms with Gasteiger partial charge in [-0.1, -0.05) is 26.0 Å². The molecule has 0 aliphatic heterocycles. The number of methoxy groups -OCH3 is 1. The molecule has 3 N–H and O–H groups in total. The standard InChI is InChI=1S/C17H30N2O2/c1-6-15(18)16(19(7-2)12-17(3,4)20)13-8-10-14(21-5)11-9-13/h8-11,15-16,20H,6-7,12,18H2,1-5H3. The maximum absolute atomic E-state index is 10.1. The lowest BCUT2D eigenvalue weighted by atomic mass is 9.94. The fourth-order valence-electron chi connectivity index (χ4n) is 2.66. The van der Waals surface area contributed by atoms with E-state index in [0.717, 1.165) is 24.3 Å². The minimum absolute atomic E-state index is 0.0284. The molecule has 0 aliphatic carbocycles. The Labute approximate surface area is 128 Å². The molecule has 0 amide bonds. The molecule has 120 valence electrons. The van der Waals surface area contributed by atoms with Crippen molar-refractivity contribution in [1.82, 2.24) is 4.90 Å². The molecule has 0 aliphatic rings. The highest BCUT2D eigenvalue weighted by Gasteiger charge is 2.28. The second-order valence-corrected chi connectivity index (χ2v) is 6.17. The van der Waals surface area contributed by atoms with Crippen LogP contribution in [0.25, 0.3) is 0 Å². The zero-order valence-corrected chi connectivity index (χ0v) is 14.0. The maximum Gasteiger partial charge on any atom is 0.118 e. The molecule has 0 bridgehead atoms. The first-order valence-electron chi connectivity index (χ1n) is 7.68. The third-order valence-electron chi connectivity index (χ3n) is 3.72. The van der Waals surface area contributed by atoms with Crippen molar-refractivity contribution in [2.24, 2.45) is 5.73 Å². The molecule has 0 spiro atoms. The van der Waals surface area contributed by atoms with E-state index in [1.54, 1.807) is 7.11 Å². The zero-order valence-electron chi connectivity index (χ0n) is 14.0. The lowest BCUT2D eigenvalue weighted by Crippen LogP contribution is -2.46. The number of likely N-dealkylation sites (N-methyl/N-ethyl adjacent to an activating group) is 1. The first-order chi connectivity index (χ1) is 9.82. The van der Waals surface area contributed by atoms with Crippen LogP contribution < -0.4 is 10.5 Å². The summed E-state index contributed by atoms with van der Waals surface area (Å²) in [5.41, 5.74) is 6.78. The van der Waals surface area contributed by atoms with E-state index in [1.165, 1.54) is 0 Å². The van der Waals surface area contributed by atoms with E-state index in [0.29, 0.717) is 6.54 Å². The summed E-state index contributed by atoms with van der Waals surface area (Å²) in [6.07, 6.45) is 0.888. The Kier molecular flexibility index (Phi) is 6.65. The van der Waals surface area contributed by atoms with Crippen LogP contribution in [0, 0.1) is 0 Å². The second kappa shape index (κ2) is 7.78. The Morgan fingerprint density at radius 1 is 1.24 bits per heavy atom. The SMILES string of the molecule is CCC(N)C(c1ccc(OC)cc1)N(CC)CC(C)(C)O. The highest BCUT2D eigenvalue weighted by molar-refractivity contribution is 5.30. The summed E-state index contributed by atoms with van der Waals surface area (Å²) in [5.74, 6) is 0.841. The van der Waals surface area contributed by atoms with Crippen LogP contribution in [0.1, 0.15) is 45.7 Å². The summed E-state index contributed by atoms with van der Waals surface area (Å²) in [7, 11) is 1.66. The quantitative estimate of drug-likeness (QED) is 0.773. The normalized spacial score (nSPS) is 15.0. The third kappa shape index (κ3) is 5.30. The van der Waals surface area contributed by atoms with Crippen molar-refractivity contribution in [1.29, 1.82) is 0 Å². The van der Waals surface area contributed by atoms with Crippen LogP contribution in [0.5, 0.6) is 5.75 Å². The van der Waals surface area contributed by atoms with Crippen molar-refractivity contribution < 1.29 is 9.84 Å². The summed E-state index contributed by atoms with van der Waals surface area (Å²) in [4.78, 5) is 2.25. The predicted molar refractivity (Wildman–Crippen MR) is 87.5 cm³/mol. The van der Waals surface area contributed by atoms with E-state index in [-0.39, 0.29) is 12.1 Å². The molecule has 0 saturated heterocycles. The van der Waals surface area contributed by atoms with E-state index in [1.807, 2.05) is 26.0 Å². The number of hydrogen-bond donors (Lipinski definition) is 2. The van der Waals surface area contributed by atoms with E-state index in [9.17, 15) is 5.11 Å². The molecule has 0 saturated carbocycles. The number of nitrogens with two attached hydrogens (primary N) is 1. The van der Waals surface area contributed by atoms with E-state index < -0.39 is 5.60 Å². The summed E-state index contributed by atoms with van der Waals surface area (Å²) in [6.45, 7) is 9.29. The Morgan fingerprint density at radius 2 is 1.81 bits per heavy atom. The van der Waals surface area contributed by atoms with Crippen LogP contribution in [0.3, 0.4) is 0 Å². The molecular weight excluding hydrogens is 264 g/mol. The molecule has 4 heteroatoms. The van der Waals surface area contributed by atoms with Crippen molar-refractivity contribution in [3.05, 3.63) is 29.8 Å². The highest BCUT2D eigenvalue weighted by Crippen LogP contribution is 2.28. The lowest BCUT2D eigenvalue weighted by Gasteiger charge is -2.38. The maximum atomic E-state index is 10.1. The fraction of sp³-hybridized carbons (Fsp3) is 0.647. The molecule has 0 radical (unpaired) electrons. The smallest absolute Gasteiger partial charge is 0.118 e. The van der Waals surface area contributed by atoms with Crippen LogP contribution in [-0.4, -0.2) is 41.8 Å². The minimum atomic E-state index is -0.742. The third-order valence-corrected chi connectivity index (χ3v) is 3.72. The van der Waals surface area contributed by atoms with Gasteiger partial charge in [0.25, 0.3) is 0 Å². The van der Waals surface area contributed by atoms with Crippen molar-refractivity contribution in [2.45, 2.75) is 51.8 Å². The Hall–Kier alpha value is -1.10. The first kappa shape index (κ1) is 18.0. The van der Waals surface area contributed by atoms with E-state index in [2.05, 4.69) is 30.9 Å². The zero-order chi connectivity index (χ0) is 16.0. The lowest BCUT2D eigenvalue weighted by molar-refractivity contribution is 0.0174.